The van der Waals surface area contributed by atoms with Crippen LogP contribution in [0, 0.1) is 17.3 Å². The van der Waals surface area contributed by atoms with Crippen molar-refractivity contribution in [3.8, 4) is 0 Å². The van der Waals surface area contributed by atoms with Gasteiger partial charge in [-0.1, -0.05) is 31.6 Å². The van der Waals surface area contributed by atoms with Gasteiger partial charge in [0.25, 0.3) is 0 Å². The minimum atomic E-state index is 0.564. The first kappa shape index (κ1) is 9.45. The Bertz CT molecular complexity index is 415. The van der Waals surface area contributed by atoms with Gasteiger partial charge in [0.2, 0.25) is 0 Å². The Morgan fingerprint density at radius 2 is 1.93 bits per heavy atom. The molecule has 0 N–H and O–H groups in total. The maximum atomic E-state index is 2.44. The molecule has 0 amide bonds. The highest BCUT2D eigenvalue weighted by Gasteiger charge is 2.60. The average molecular weight is 200 g/mol. The SMILES string of the molecule is CC1=C2C(=C(C)CCC3C2C3(C)C)C=C1. The van der Waals surface area contributed by atoms with Crippen LogP contribution >= 0.6 is 0 Å². The van der Waals surface area contributed by atoms with E-state index in [2.05, 4.69) is 39.8 Å². The van der Waals surface area contributed by atoms with Crippen molar-refractivity contribution in [1.82, 2.24) is 0 Å². The van der Waals surface area contributed by atoms with E-state index in [0.717, 1.165) is 11.8 Å². The van der Waals surface area contributed by atoms with Crippen LogP contribution in [0.3, 0.4) is 0 Å². The predicted octanol–water partition coefficient (Wildman–Crippen LogP) is 4.26. The summed E-state index contributed by atoms with van der Waals surface area (Å²) >= 11 is 0. The minimum absolute atomic E-state index is 0.564. The van der Waals surface area contributed by atoms with Gasteiger partial charge in [-0.2, -0.15) is 0 Å². The van der Waals surface area contributed by atoms with Gasteiger partial charge in [-0.25, -0.2) is 0 Å². The maximum Gasteiger partial charge on any atom is -0.00654 e. The highest BCUT2D eigenvalue weighted by atomic mass is 14.6. The van der Waals surface area contributed by atoms with Crippen molar-refractivity contribution >= 4 is 0 Å². The molecule has 3 aliphatic rings. The van der Waals surface area contributed by atoms with E-state index in [1.165, 1.54) is 18.4 Å². The topological polar surface area (TPSA) is 0 Å². The summed E-state index contributed by atoms with van der Waals surface area (Å²) in [4.78, 5) is 0. The van der Waals surface area contributed by atoms with Gasteiger partial charge in [0.1, 0.15) is 0 Å². The van der Waals surface area contributed by atoms with Crippen molar-refractivity contribution in [2.24, 2.45) is 17.3 Å². The fraction of sp³-hybridized carbons (Fsp3) is 0.600. The Morgan fingerprint density at radius 1 is 1.20 bits per heavy atom. The van der Waals surface area contributed by atoms with Gasteiger partial charge in [0.05, 0.1) is 0 Å². The lowest BCUT2D eigenvalue weighted by Gasteiger charge is -2.12. The van der Waals surface area contributed by atoms with Crippen molar-refractivity contribution < 1.29 is 0 Å². The molecule has 2 unspecified atom stereocenters. The van der Waals surface area contributed by atoms with Crippen LogP contribution in [0.4, 0.5) is 0 Å². The molecule has 0 heteroatoms. The molecule has 0 aromatic carbocycles. The molecule has 3 aliphatic carbocycles. The normalized spacial score (nSPS) is 36.5. The lowest BCUT2D eigenvalue weighted by Crippen LogP contribution is -1.99. The fourth-order valence-electron chi connectivity index (χ4n) is 3.75. The molecule has 0 aromatic heterocycles. The average Bonchev–Trinajstić information content (AvgIpc) is 2.55. The van der Waals surface area contributed by atoms with E-state index in [1.807, 2.05) is 0 Å². The third kappa shape index (κ3) is 1.08. The van der Waals surface area contributed by atoms with Crippen LogP contribution in [-0.4, -0.2) is 0 Å². The van der Waals surface area contributed by atoms with Crippen molar-refractivity contribution in [3.63, 3.8) is 0 Å². The molecule has 0 heterocycles. The summed E-state index contributed by atoms with van der Waals surface area (Å²) in [6, 6.07) is 0. The zero-order valence-electron chi connectivity index (χ0n) is 10.2. The van der Waals surface area contributed by atoms with E-state index < -0.39 is 0 Å². The quantitative estimate of drug-likeness (QED) is 0.548. The first-order valence-electron chi connectivity index (χ1n) is 6.12. The molecular weight excluding hydrogens is 180 g/mol. The first-order valence-corrected chi connectivity index (χ1v) is 6.12. The molecule has 0 aliphatic heterocycles. The summed E-state index contributed by atoms with van der Waals surface area (Å²) in [5, 5.41) is 0. The van der Waals surface area contributed by atoms with Crippen molar-refractivity contribution in [2.45, 2.75) is 40.5 Å². The van der Waals surface area contributed by atoms with E-state index in [1.54, 1.807) is 16.7 Å². The fourth-order valence-corrected chi connectivity index (χ4v) is 3.75. The van der Waals surface area contributed by atoms with E-state index in [9.17, 15) is 0 Å². The van der Waals surface area contributed by atoms with Crippen LogP contribution in [0.5, 0.6) is 0 Å². The smallest absolute Gasteiger partial charge is 0.00654 e. The Labute approximate surface area is 92.8 Å². The lowest BCUT2D eigenvalue weighted by atomic mass is 9.93. The van der Waals surface area contributed by atoms with Gasteiger partial charge in [-0.15, -0.1) is 0 Å². The number of fused-ring (bicyclic) bond motifs is 3. The molecule has 0 aromatic rings. The summed E-state index contributed by atoms with van der Waals surface area (Å²) < 4.78 is 0. The van der Waals surface area contributed by atoms with Crippen LogP contribution in [0.25, 0.3) is 0 Å². The molecule has 0 radical (unpaired) electrons. The molecule has 80 valence electrons. The third-order valence-corrected chi connectivity index (χ3v) is 4.87. The maximum absolute atomic E-state index is 2.44. The molecule has 1 saturated carbocycles. The number of hydrogen-bond acceptors (Lipinski definition) is 0. The lowest BCUT2D eigenvalue weighted by molar-refractivity contribution is 0.524. The zero-order valence-corrected chi connectivity index (χ0v) is 10.2. The molecule has 1 fully saturated rings. The van der Waals surface area contributed by atoms with Crippen molar-refractivity contribution in [2.75, 3.05) is 0 Å². The van der Waals surface area contributed by atoms with Crippen LogP contribution < -0.4 is 0 Å². The molecule has 0 nitrogen and oxygen atoms in total. The van der Waals surface area contributed by atoms with E-state index in [-0.39, 0.29) is 0 Å². The third-order valence-electron chi connectivity index (χ3n) is 4.87. The molecule has 3 rings (SSSR count). The van der Waals surface area contributed by atoms with E-state index >= 15 is 0 Å². The summed E-state index contributed by atoms with van der Waals surface area (Å²) in [5.41, 5.74) is 6.95. The number of allylic oxidation sites excluding steroid dienone is 6. The Hall–Kier alpha value is -0.780. The largest absolute Gasteiger partial charge is 0.0658 e. The Balaban J connectivity index is 2.12. The molecule has 0 spiro atoms. The second-order valence-electron chi connectivity index (χ2n) is 6.07. The number of rotatable bonds is 0. The summed E-state index contributed by atoms with van der Waals surface area (Å²) in [6.07, 6.45) is 7.36. The highest BCUT2D eigenvalue weighted by molar-refractivity contribution is 5.59. The van der Waals surface area contributed by atoms with Crippen molar-refractivity contribution in [1.29, 1.82) is 0 Å². The van der Waals surface area contributed by atoms with E-state index in [4.69, 9.17) is 0 Å². The molecule has 15 heavy (non-hydrogen) atoms. The summed E-state index contributed by atoms with van der Waals surface area (Å²) in [5.74, 6) is 1.79. The standard InChI is InChI=1S/C15H20/c1-9-6-8-12-14(15(12,3)4)13-10(2)5-7-11(9)13/h5,7,12,14H,6,8H2,1-4H3. The Kier molecular flexibility index (Phi) is 1.68. The molecule has 0 saturated heterocycles. The second kappa shape index (κ2) is 2.66. The van der Waals surface area contributed by atoms with Crippen LogP contribution in [0.2, 0.25) is 0 Å². The van der Waals surface area contributed by atoms with Gasteiger partial charge >= 0.3 is 0 Å². The highest BCUT2D eigenvalue weighted by Crippen LogP contribution is 2.67. The minimum Gasteiger partial charge on any atom is -0.0658 e. The summed E-state index contributed by atoms with van der Waals surface area (Å²) in [6.45, 7) is 9.48. The van der Waals surface area contributed by atoms with E-state index in [0.29, 0.717) is 5.41 Å². The van der Waals surface area contributed by atoms with Gasteiger partial charge in [-0.3, -0.25) is 0 Å². The Morgan fingerprint density at radius 3 is 2.67 bits per heavy atom. The van der Waals surface area contributed by atoms with Crippen LogP contribution in [0.15, 0.2) is 34.4 Å². The zero-order chi connectivity index (χ0) is 10.8. The molecule has 2 atom stereocenters. The second-order valence-corrected chi connectivity index (χ2v) is 6.07. The van der Waals surface area contributed by atoms with Gasteiger partial charge in [-0.05, 0) is 60.7 Å². The predicted molar refractivity (Wildman–Crippen MR) is 64.5 cm³/mol. The van der Waals surface area contributed by atoms with Crippen molar-refractivity contribution in [3.05, 3.63) is 34.4 Å². The van der Waals surface area contributed by atoms with Crippen LogP contribution in [-0.2, 0) is 0 Å². The monoisotopic (exact) mass is 200 g/mol. The first-order chi connectivity index (χ1) is 7.03. The molecular formula is C15H20. The summed E-state index contributed by atoms with van der Waals surface area (Å²) in [7, 11) is 0. The number of hydrogen-bond donors (Lipinski definition) is 0. The van der Waals surface area contributed by atoms with Gasteiger partial charge < -0.3 is 0 Å². The van der Waals surface area contributed by atoms with Crippen LogP contribution in [0.1, 0.15) is 40.5 Å². The molecule has 0 bridgehead atoms. The van der Waals surface area contributed by atoms with Gasteiger partial charge in [0.15, 0.2) is 0 Å². The van der Waals surface area contributed by atoms with Gasteiger partial charge in [0, 0.05) is 0 Å².